The number of sulfonamides is 1. The molecule has 0 aliphatic heterocycles. The van der Waals surface area contributed by atoms with Gasteiger partial charge in [-0.15, -0.1) is 11.3 Å². The average molecular weight is 306 g/mol. The zero-order valence-corrected chi connectivity index (χ0v) is 13.2. The standard InChI is InChI=1S/C11H18N2O2S3/c1-4-9-5-6-10(17-9)18(14,15)13(3)7-8(2)11(12)16/h5-6,8H,4,7H2,1-3H3,(H2,12,16). The van der Waals surface area contributed by atoms with Crippen LogP contribution in [0.15, 0.2) is 16.3 Å². The number of aryl methyl sites for hydroxylation is 1. The minimum Gasteiger partial charge on any atom is -0.393 e. The van der Waals surface area contributed by atoms with E-state index in [0.717, 1.165) is 11.3 Å². The molecule has 102 valence electrons. The summed E-state index contributed by atoms with van der Waals surface area (Å²) in [5, 5.41) is 0. The van der Waals surface area contributed by atoms with Gasteiger partial charge in [-0.3, -0.25) is 0 Å². The van der Waals surface area contributed by atoms with Crippen LogP contribution in [0.25, 0.3) is 0 Å². The van der Waals surface area contributed by atoms with Gasteiger partial charge in [-0.2, -0.15) is 4.31 Å². The molecule has 1 aromatic heterocycles. The van der Waals surface area contributed by atoms with E-state index in [9.17, 15) is 8.42 Å². The van der Waals surface area contributed by atoms with E-state index in [0.29, 0.717) is 15.7 Å². The van der Waals surface area contributed by atoms with Crippen LogP contribution in [0.4, 0.5) is 0 Å². The lowest BCUT2D eigenvalue weighted by Gasteiger charge is -2.19. The van der Waals surface area contributed by atoms with Crippen molar-refractivity contribution in [3.8, 4) is 0 Å². The first kappa shape index (κ1) is 15.6. The third kappa shape index (κ3) is 3.50. The van der Waals surface area contributed by atoms with Gasteiger partial charge in [0.25, 0.3) is 10.0 Å². The fraction of sp³-hybridized carbons (Fsp3) is 0.545. The highest BCUT2D eigenvalue weighted by atomic mass is 32.2. The van der Waals surface area contributed by atoms with Crippen molar-refractivity contribution in [3.05, 3.63) is 17.0 Å². The summed E-state index contributed by atoms with van der Waals surface area (Å²) in [4.78, 5) is 1.39. The average Bonchev–Trinajstić information content (AvgIpc) is 2.77. The Kier molecular flexibility index (Phi) is 5.27. The Morgan fingerprint density at radius 3 is 2.61 bits per heavy atom. The van der Waals surface area contributed by atoms with Crippen LogP contribution in [0.1, 0.15) is 18.7 Å². The van der Waals surface area contributed by atoms with Gasteiger partial charge in [-0.05, 0) is 18.6 Å². The highest BCUT2D eigenvalue weighted by Gasteiger charge is 2.24. The summed E-state index contributed by atoms with van der Waals surface area (Å²) >= 11 is 6.17. The molecule has 4 nitrogen and oxygen atoms in total. The molecule has 1 aromatic rings. The first-order chi connectivity index (χ1) is 8.28. The van der Waals surface area contributed by atoms with E-state index < -0.39 is 10.0 Å². The van der Waals surface area contributed by atoms with Gasteiger partial charge in [-0.25, -0.2) is 8.42 Å². The van der Waals surface area contributed by atoms with Crippen LogP contribution in [0.3, 0.4) is 0 Å². The predicted octanol–water partition coefficient (Wildman–Crippen LogP) is 1.85. The van der Waals surface area contributed by atoms with Crippen LogP contribution in [0, 0.1) is 5.92 Å². The molecule has 18 heavy (non-hydrogen) atoms. The number of thiophene rings is 1. The van der Waals surface area contributed by atoms with Crippen molar-refractivity contribution in [2.75, 3.05) is 13.6 Å². The van der Waals surface area contributed by atoms with Gasteiger partial charge >= 0.3 is 0 Å². The fourth-order valence-corrected chi connectivity index (χ4v) is 4.25. The summed E-state index contributed by atoms with van der Waals surface area (Å²) in [5.41, 5.74) is 5.50. The molecule has 1 rings (SSSR count). The maximum atomic E-state index is 12.3. The number of hydrogen-bond acceptors (Lipinski definition) is 4. The molecule has 1 unspecified atom stereocenters. The third-order valence-corrected chi connectivity index (χ3v) is 6.59. The molecule has 0 aliphatic carbocycles. The first-order valence-electron chi connectivity index (χ1n) is 5.63. The summed E-state index contributed by atoms with van der Waals surface area (Å²) in [6.45, 7) is 4.12. The normalized spacial score (nSPS) is 13.8. The van der Waals surface area contributed by atoms with Crippen molar-refractivity contribution in [1.29, 1.82) is 0 Å². The fourth-order valence-electron chi connectivity index (χ4n) is 1.41. The molecule has 7 heteroatoms. The number of hydrogen-bond donors (Lipinski definition) is 1. The van der Waals surface area contributed by atoms with E-state index in [1.807, 2.05) is 19.9 Å². The predicted molar refractivity (Wildman–Crippen MR) is 79.5 cm³/mol. The second-order valence-corrected chi connectivity index (χ2v) is 8.07. The summed E-state index contributed by atoms with van der Waals surface area (Å²) in [6, 6.07) is 3.50. The summed E-state index contributed by atoms with van der Waals surface area (Å²) in [7, 11) is -1.87. The topological polar surface area (TPSA) is 63.4 Å². The molecule has 0 radical (unpaired) electrons. The highest BCUT2D eigenvalue weighted by molar-refractivity contribution is 7.91. The van der Waals surface area contributed by atoms with E-state index in [-0.39, 0.29) is 5.92 Å². The number of thiocarbonyl (C=S) groups is 1. The first-order valence-corrected chi connectivity index (χ1v) is 8.29. The van der Waals surface area contributed by atoms with Gasteiger partial charge in [-0.1, -0.05) is 26.1 Å². The molecule has 0 saturated heterocycles. The van der Waals surface area contributed by atoms with Crippen molar-refractivity contribution in [1.82, 2.24) is 4.31 Å². The Morgan fingerprint density at radius 1 is 1.56 bits per heavy atom. The quantitative estimate of drug-likeness (QED) is 0.815. The van der Waals surface area contributed by atoms with Crippen molar-refractivity contribution < 1.29 is 8.42 Å². The van der Waals surface area contributed by atoms with Gasteiger partial charge in [0.15, 0.2) is 0 Å². The van der Waals surface area contributed by atoms with Crippen molar-refractivity contribution in [2.24, 2.45) is 11.7 Å². The summed E-state index contributed by atoms with van der Waals surface area (Å²) < 4.78 is 26.2. The molecule has 0 aliphatic rings. The molecule has 0 bridgehead atoms. The van der Waals surface area contributed by atoms with Crippen LogP contribution in [0.5, 0.6) is 0 Å². The largest absolute Gasteiger partial charge is 0.393 e. The lowest BCUT2D eigenvalue weighted by molar-refractivity contribution is 0.446. The molecule has 0 fully saturated rings. The van der Waals surface area contributed by atoms with Crippen molar-refractivity contribution >= 4 is 38.6 Å². The number of nitrogens with zero attached hydrogens (tertiary/aromatic N) is 1. The van der Waals surface area contributed by atoms with E-state index in [1.54, 1.807) is 13.1 Å². The second kappa shape index (κ2) is 6.10. The van der Waals surface area contributed by atoms with Crippen LogP contribution in [-0.4, -0.2) is 31.3 Å². The van der Waals surface area contributed by atoms with Crippen molar-refractivity contribution in [2.45, 2.75) is 24.5 Å². The maximum absolute atomic E-state index is 12.3. The molecule has 0 amide bonds. The zero-order valence-electron chi connectivity index (χ0n) is 10.7. The summed E-state index contributed by atoms with van der Waals surface area (Å²) in [6.07, 6.45) is 0.840. The molecule has 0 saturated carbocycles. The number of nitrogens with two attached hydrogens (primary N) is 1. The lowest BCUT2D eigenvalue weighted by Crippen LogP contribution is -2.35. The van der Waals surface area contributed by atoms with Crippen LogP contribution < -0.4 is 5.73 Å². The zero-order chi connectivity index (χ0) is 13.9. The van der Waals surface area contributed by atoms with Gasteiger partial charge < -0.3 is 5.73 Å². The Morgan fingerprint density at radius 2 is 2.17 bits per heavy atom. The van der Waals surface area contributed by atoms with Gasteiger partial charge in [0.05, 0.1) is 4.99 Å². The molecule has 0 aromatic carbocycles. The molecule has 0 spiro atoms. The van der Waals surface area contributed by atoms with Crippen molar-refractivity contribution in [3.63, 3.8) is 0 Å². The SMILES string of the molecule is CCc1ccc(S(=O)(=O)N(C)CC(C)C(N)=S)s1. The third-order valence-electron chi connectivity index (χ3n) is 2.67. The monoisotopic (exact) mass is 306 g/mol. The highest BCUT2D eigenvalue weighted by Crippen LogP contribution is 2.25. The maximum Gasteiger partial charge on any atom is 0.252 e. The Balaban J connectivity index is 2.89. The van der Waals surface area contributed by atoms with Crippen LogP contribution >= 0.6 is 23.6 Å². The van der Waals surface area contributed by atoms with E-state index >= 15 is 0 Å². The van der Waals surface area contributed by atoms with Crippen LogP contribution in [0.2, 0.25) is 0 Å². The lowest BCUT2D eigenvalue weighted by atomic mass is 10.2. The Labute approximate surface area is 118 Å². The van der Waals surface area contributed by atoms with Gasteiger partial charge in [0, 0.05) is 24.4 Å². The van der Waals surface area contributed by atoms with Gasteiger partial charge in [0.1, 0.15) is 4.21 Å². The molecule has 1 atom stereocenters. The van der Waals surface area contributed by atoms with Crippen LogP contribution in [-0.2, 0) is 16.4 Å². The number of rotatable bonds is 6. The summed E-state index contributed by atoms with van der Waals surface area (Å²) in [5.74, 6) is -0.134. The Bertz CT molecular complexity index is 522. The van der Waals surface area contributed by atoms with Gasteiger partial charge in [0.2, 0.25) is 0 Å². The molecule has 1 heterocycles. The molecule has 2 N–H and O–H groups in total. The van der Waals surface area contributed by atoms with E-state index in [4.69, 9.17) is 18.0 Å². The second-order valence-electron chi connectivity index (χ2n) is 4.16. The van der Waals surface area contributed by atoms with E-state index in [2.05, 4.69) is 0 Å². The smallest absolute Gasteiger partial charge is 0.252 e. The molecular weight excluding hydrogens is 288 g/mol. The van der Waals surface area contributed by atoms with E-state index in [1.165, 1.54) is 15.6 Å². The minimum atomic E-state index is -3.42. The Hall–Kier alpha value is -0.500. The minimum absolute atomic E-state index is 0.134. The molecular formula is C11H18N2O2S3.